The van der Waals surface area contributed by atoms with E-state index in [0.29, 0.717) is 25.9 Å². The first-order valence-corrected chi connectivity index (χ1v) is 8.98. The maximum atomic E-state index is 13.1. The van der Waals surface area contributed by atoms with Crippen LogP contribution in [0.5, 0.6) is 5.75 Å². The summed E-state index contributed by atoms with van der Waals surface area (Å²) >= 11 is 0. The molecule has 0 radical (unpaired) electrons. The Balaban J connectivity index is 1.38. The number of ether oxygens (including phenoxy) is 1. The molecule has 2 aromatic rings. The van der Waals surface area contributed by atoms with E-state index in [1.165, 1.54) is 12.3 Å². The number of fused-ring (bicyclic) bond motifs is 1. The molecular formula is C18H17F3N4O4. The smallest absolute Gasteiger partial charge is 0.420 e. The number of rotatable bonds is 3. The normalized spacial score (nSPS) is 23.8. The number of pyridine rings is 1. The van der Waals surface area contributed by atoms with Gasteiger partial charge in [-0.05, 0) is 36.8 Å². The molecule has 1 saturated heterocycles. The van der Waals surface area contributed by atoms with Crippen LogP contribution in [0.3, 0.4) is 0 Å². The molecule has 1 N–H and O–H groups in total. The molecule has 2 aromatic heterocycles. The third-order valence-electron chi connectivity index (χ3n) is 5.37. The fraction of sp³-hybridized carbons (Fsp3) is 0.444. The third kappa shape index (κ3) is 3.76. The van der Waals surface area contributed by atoms with Crippen LogP contribution in [0.1, 0.15) is 28.9 Å². The maximum Gasteiger partial charge on any atom is 0.420 e. The van der Waals surface area contributed by atoms with Gasteiger partial charge in [0.05, 0.1) is 12.3 Å². The zero-order valence-corrected chi connectivity index (χ0v) is 15.0. The number of alkyl halides is 3. The molecule has 0 bridgehead atoms. The molecule has 0 aromatic carbocycles. The van der Waals surface area contributed by atoms with E-state index < -0.39 is 23.7 Å². The summed E-state index contributed by atoms with van der Waals surface area (Å²) in [7, 11) is 0. The number of carboxylic acid groups (broad SMARTS) is 1. The summed E-state index contributed by atoms with van der Waals surface area (Å²) in [5.41, 5.74) is -1.07. The molecule has 0 unspecified atom stereocenters. The molecule has 154 valence electrons. The summed E-state index contributed by atoms with van der Waals surface area (Å²) in [5, 5.41) is 12.6. The predicted molar refractivity (Wildman–Crippen MR) is 91.4 cm³/mol. The number of hydrogen-bond donors (Lipinski definition) is 1. The van der Waals surface area contributed by atoms with Gasteiger partial charge in [0, 0.05) is 25.5 Å². The number of aromatic nitrogens is 3. The highest BCUT2D eigenvalue weighted by Crippen LogP contribution is 2.42. The molecule has 1 amide bonds. The zero-order chi connectivity index (χ0) is 20.8. The maximum absolute atomic E-state index is 13.1. The highest BCUT2D eigenvalue weighted by atomic mass is 19.4. The van der Waals surface area contributed by atoms with Crippen molar-refractivity contribution in [1.82, 2.24) is 19.7 Å². The van der Waals surface area contributed by atoms with E-state index in [2.05, 4.69) is 10.1 Å². The van der Waals surface area contributed by atoms with Crippen molar-refractivity contribution >= 4 is 12.0 Å². The number of carbonyl (C=O) groups excluding carboxylic acids is 1. The Hall–Kier alpha value is -3.11. The van der Waals surface area contributed by atoms with Crippen molar-refractivity contribution < 1.29 is 32.6 Å². The summed E-state index contributed by atoms with van der Waals surface area (Å²) in [6.07, 6.45) is -0.393. The van der Waals surface area contributed by atoms with Gasteiger partial charge in [0.2, 0.25) is 0 Å². The van der Waals surface area contributed by atoms with Crippen LogP contribution in [-0.4, -0.2) is 56.0 Å². The topological polar surface area (TPSA) is 97.5 Å². The molecule has 0 spiro atoms. The van der Waals surface area contributed by atoms with E-state index in [4.69, 9.17) is 9.84 Å². The van der Waals surface area contributed by atoms with Gasteiger partial charge in [-0.2, -0.15) is 23.0 Å². The van der Waals surface area contributed by atoms with Crippen molar-refractivity contribution in [2.24, 2.45) is 11.8 Å². The molecular weight excluding hydrogens is 393 g/mol. The van der Waals surface area contributed by atoms with Crippen molar-refractivity contribution in [2.75, 3.05) is 13.1 Å². The zero-order valence-electron chi connectivity index (χ0n) is 15.0. The quantitative estimate of drug-likeness (QED) is 0.836. The average Bonchev–Trinajstić information content (AvgIpc) is 3.35. The van der Waals surface area contributed by atoms with E-state index in [1.807, 2.05) is 0 Å². The fourth-order valence-corrected chi connectivity index (χ4v) is 4.07. The van der Waals surface area contributed by atoms with E-state index in [1.54, 1.807) is 4.90 Å². The van der Waals surface area contributed by atoms with Gasteiger partial charge in [0.15, 0.2) is 5.69 Å². The minimum Gasteiger partial charge on any atom is -0.488 e. The Morgan fingerprint density at radius 2 is 1.86 bits per heavy atom. The number of halogens is 3. The van der Waals surface area contributed by atoms with Crippen molar-refractivity contribution in [3.63, 3.8) is 0 Å². The van der Waals surface area contributed by atoms with Gasteiger partial charge < -0.3 is 14.7 Å². The summed E-state index contributed by atoms with van der Waals surface area (Å²) in [5.74, 6) is -1.30. The van der Waals surface area contributed by atoms with E-state index >= 15 is 0 Å². The predicted octanol–water partition coefficient (Wildman–Crippen LogP) is 2.75. The molecule has 29 heavy (non-hydrogen) atoms. The number of carboxylic acids is 1. The van der Waals surface area contributed by atoms with Crippen LogP contribution < -0.4 is 4.74 Å². The van der Waals surface area contributed by atoms with Crippen LogP contribution in [0.2, 0.25) is 0 Å². The highest BCUT2D eigenvalue weighted by Gasteiger charge is 2.44. The van der Waals surface area contributed by atoms with E-state index in [0.717, 1.165) is 23.1 Å². The second kappa shape index (κ2) is 7.05. The molecule has 1 aliphatic carbocycles. The first-order chi connectivity index (χ1) is 13.7. The number of amides is 1. The van der Waals surface area contributed by atoms with Crippen LogP contribution in [0.15, 0.2) is 30.7 Å². The minimum atomic E-state index is -4.52. The first kappa shape index (κ1) is 19.2. The molecule has 8 nitrogen and oxygen atoms in total. The summed E-state index contributed by atoms with van der Waals surface area (Å²) in [6, 6.07) is 1.71. The Morgan fingerprint density at radius 1 is 1.17 bits per heavy atom. The number of hydrogen-bond acceptors (Lipinski definition) is 5. The lowest BCUT2D eigenvalue weighted by atomic mass is 10.0. The minimum absolute atomic E-state index is 0.101. The van der Waals surface area contributed by atoms with Crippen molar-refractivity contribution in [3.05, 3.63) is 42.0 Å². The molecule has 1 aliphatic heterocycles. The standard InChI is InChI=1S/C18H17F3N4O4/c19-18(20,21)13-1-3-22-7-15(13)29-12-5-10-8-24(9-11(10)6-12)17(28)25-4-2-14(23-25)16(26)27/h1-4,7,10-12H,5-6,8-9H2,(H,26,27)/t10-,11+,12+. The Kier molecular flexibility index (Phi) is 4.67. The lowest BCUT2D eigenvalue weighted by Crippen LogP contribution is -2.34. The second-order valence-electron chi connectivity index (χ2n) is 7.24. The van der Waals surface area contributed by atoms with Crippen LogP contribution >= 0.6 is 0 Å². The van der Waals surface area contributed by atoms with Gasteiger partial charge in [0.1, 0.15) is 11.3 Å². The lowest BCUT2D eigenvalue weighted by molar-refractivity contribution is -0.139. The van der Waals surface area contributed by atoms with Crippen LogP contribution in [0.4, 0.5) is 18.0 Å². The number of aromatic carboxylic acids is 1. The van der Waals surface area contributed by atoms with Gasteiger partial charge >= 0.3 is 18.2 Å². The number of carbonyl (C=O) groups is 2. The van der Waals surface area contributed by atoms with E-state index in [9.17, 15) is 22.8 Å². The number of nitrogens with zero attached hydrogens (tertiary/aromatic N) is 4. The summed E-state index contributed by atoms with van der Waals surface area (Å²) in [6.45, 7) is 0.843. The van der Waals surface area contributed by atoms with Crippen LogP contribution in [0.25, 0.3) is 0 Å². The summed E-state index contributed by atoms with van der Waals surface area (Å²) in [4.78, 5) is 28.7. The molecule has 2 fully saturated rings. The van der Waals surface area contributed by atoms with Gasteiger partial charge in [-0.1, -0.05) is 0 Å². The second-order valence-corrected chi connectivity index (χ2v) is 7.24. The Bertz CT molecular complexity index is 931. The highest BCUT2D eigenvalue weighted by molar-refractivity contribution is 5.86. The van der Waals surface area contributed by atoms with Crippen molar-refractivity contribution in [3.8, 4) is 5.75 Å². The molecule has 2 aliphatic rings. The van der Waals surface area contributed by atoms with Crippen molar-refractivity contribution in [2.45, 2.75) is 25.1 Å². The van der Waals surface area contributed by atoms with Gasteiger partial charge in [-0.15, -0.1) is 0 Å². The van der Waals surface area contributed by atoms with E-state index in [-0.39, 0.29) is 29.4 Å². The van der Waals surface area contributed by atoms with Crippen LogP contribution in [0, 0.1) is 11.8 Å². The number of likely N-dealkylation sites (tertiary alicyclic amines) is 1. The average molecular weight is 410 g/mol. The SMILES string of the molecule is O=C(O)c1ccn(C(=O)N2C[C@H]3C[C@H](Oc4cnccc4C(F)(F)F)C[C@H]3C2)n1. The van der Waals surface area contributed by atoms with Crippen LogP contribution in [-0.2, 0) is 6.18 Å². The Labute approximate surface area is 162 Å². The Morgan fingerprint density at radius 3 is 2.45 bits per heavy atom. The van der Waals surface area contributed by atoms with Gasteiger partial charge in [-0.3, -0.25) is 4.98 Å². The monoisotopic (exact) mass is 410 g/mol. The van der Waals surface area contributed by atoms with Gasteiger partial charge in [-0.25, -0.2) is 9.59 Å². The molecule has 11 heteroatoms. The summed E-state index contributed by atoms with van der Waals surface area (Å²) < 4.78 is 45.9. The molecule has 3 heterocycles. The molecule has 1 saturated carbocycles. The lowest BCUT2D eigenvalue weighted by Gasteiger charge is -2.21. The molecule has 4 rings (SSSR count). The third-order valence-corrected chi connectivity index (χ3v) is 5.37. The van der Waals surface area contributed by atoms with Gasteiger partial charge in [0.25, 0.3) is 0 Å². The first-order valence-electron chi connectivity index (χ1n) is 8.98. The van der Waals surface area contributed by atoms with Crippen molar-refractivity contribution in [1.29, 1.82) is 0 Å². The largest absolute Gasteiger partial charge is 0.488 e. The molecule has 3 atom stereocenters. The fourth-order valence-electron chi connectivity index (χ4n) is 4.07.